The number of nitrogens with two attached hydrogens (primary N) is 1. The molecule has 14 heavy (non-hydrogen) atoms. The third-order valence-electron chi connectivity index (χ3n) is 2.36. The van der Waals surface area contributed by atoms with E-state index in [1.54, 1.807) is 12.1 Å². The fourth-order valence-corrected chi connectivity index (χ4v) is 1.41. The Hall–Kier alpha value is -0.930. The first-order valence-electron chi connectivity index (χ1n) is 4.74. The maximum Gasteiger partial charge on any atom is 0.123 e. The maximum atomic E-state index is 12.9. The Balaban J connectivity index is 2.67. The molecule has 3 heteroatoms. The molecule has 0 saturated heterocycles. The van der Waals surface area contributed by atoms with Crippen molar-refractivity contribution in [2.45, 2.75) is 12.5 Å². The molecule has 0 aromatic heterocycles. The van der Waals surface area contributed by atoms with Gasteiger partial charge in [0, 0.05) is 12.6 Å². The molecule has 0 aliphatic carbocycles. The first-order chi connectivity index (χ1) is 6.63. The van der Waals surface area contributed by atoms with Gasteiger partial charge in [-0.1, -0.05) is 12.1 Å². The van der Waals surface area contributed by atoms with Crippen molar-refractivity contribution in [1.82, 2.24) is 4.90 Å². The van der Waals surface area contributed by atoms with E-state index in [9.17, 15) is 4.39 Å². The quantitative estimate of drug-likeness (QED) is 0.785. The minimum atomic E-state index is -0.183. The average Bonchev–Trinajstić information content (AvgIpc) is 2.14. The molecule has 78 valence electrons. The molecule has 1 rings (SSSR count). The summed E-state index contributed by atoms with van der Waals surface area (Å²) in [6.07, 6.45) is 0.793. The van der Waals surface area contributed by atoms with Gasteiger partial charge in [-0.05, 0) is 38.2 Å². The normalized spacial score (nSPS) is 13.2. The van der Waals surface area contributed by atoms with Crippen LogP contribution in [0.5, 0.6) is 0 Å². The number of rotatable bonds is 4. The van der Waals surface area contributed by atoms with Crippen LogP contribution in [0.25, 0.3) is 0 Å². The summed E-state index contributed by atoms with van der Waals surface area (Å²) in [5.74, 6) is -0.183. The van der Waals surface area contributed by atoms with E-state index in [4.69, 9.17) is 5.73 Å². The van der Waals surface area contributed by atoms with E-state index in [2.05, 4.69) is 4.90 Å². The van der Waals surface area contributed by atoms with Gasteiger partial charge in [0.15, 0.2) is 0 Å². The van der Waals surface area contributed by atoms with Crippen molar-refractivity contribution in [2.24, 2.45) is 5.73 Å². The zero-order valence-corrected chi connectivity index (χ0v) is 8.70. The van der Waals surface area contributed by atoms with Gasteiger partial charge in [0.25, 0.3) is 0 Å². The second-order valence-electron chi connectivity index (χ2n) is 3.69. The lowest BCUT2D eigenvalue weighted by Gasteiger charge is -2.22. The van der Waals surface area contributed by atoms with Gasteiger partial charge in [0.2, 0.25) is 0 Å². The lowest BCUT2D eigenvalue weighted by molar-refractivity contribution is 0.297. The third-order valence-corrected chi connectivity index (χ3v) is 2.36. The standard InChI is InChI=1S/C11H17FN2/c1-14(2)11(8-13)7-9-4-3-5-10(12)6-9/h3-6,11H,7-8,13H2,1-2H3/t11-/m0/s1. The number of hydrogen-bond donors (Lipinski definition) is 1. The highest BCUT2D eigenvalue weighted by Gasteiger charge is 2.09. The van der Waals surface area contributed by atoms with E-state index in [0.29, 0.717) is 6.54 Å². The number of likely N-dealkylation sites (N-methyl/N-ethyl adjacent to an activating group) is 1. The lowest BCUT2D eigenvalue weighted by atomic mass is 10.1. The maximum absolute atomic E-state index is 12.9. The Morgan fingerprint density at radius 1 is 1.43 bits per heavy atom. The van der Waals surface area contributed by atoms with Gasteiger partial charge < -0.3 is 10.6 Å². The Kier molecular flexibility index (Phi) is 4.04. The number of halogens is 1. The van der Waals surface area contributed by atoms with Crippen molar-refractivity contribution in [2.75, 3.05) is 20.6 Å². The Bertz CT molecular complexity index is 286. The van der Waals surface area contributed by atoms with Crippen molar-refractivity contribution < 1.29 is 4.39 Å². The van der Waals surface area contributed by atoms with Crippen LogP contribution in [-0.2, 0) is 6.42 Å². The summed E-state index contributed by atoms with van der Waals surface area (Å²) in [5.41, 5.74) is 6.62. The number of hydrogen-bond acceptors (Lipinski definition) is 2. The molecule has 0 fully saturated rings. The highest BCUT2D eigenvalue weighted by atomic mass is 19.1. The second kappa shape index (κ2) is 5.08. The van der Waals surface area contributed by atoms with Crippen molar-refractivity contribution in [3.8, 4) is 0 Å². The van der Waals surface area contributed by atoms with Gasteiger partial charge in [-0.3, -0.25) is 0 Å². The van der Waals surface area contributed by atoms with Crippen LogP contribution in [0.4, 0.5) is 4.39 Å². The van der Waals surface area contributed by atoms with Crippen molar-refractivity contribution in [3.63, 3.8) is 0 Å². The van der Waals surface area contributed by atoms with Gasteiger partial charge >= 0.3 is 0 Å². The van der Waals surface area contributed by atoms with E-state index in [1.807, 2.05) is 20.2 Å². The molecule has 0 aliphatic rings. The van der Waals surface area contributed by atoms with Crippen molar-refractivity contribution >= 4 is 0 Å². The van der Waals surface area contributed by atoms with Crippen LogP contribution in [0.2, 0.25) is 0 Å². The van der Waals surface area contributed by atoms with E-state index >= 15 is 0 Å². The summed E-state index contributed by atoms with van der Waals surface area (Å²) in [6, 6.07) is 6.95. The van der Waals surface area contributed by atoms with Crippen LogP contribution in [0.3, 0.4) is 0 Å². The lowest BCUT2D eigenvalue weighted by Crippen LogP contribution is -2.36. The molecule has 1 aromatic carbocycles. The van der Waals surface area contributed by atoms with Crippen LogP contribution in [0, 0.1) is 5.82 Å². The largest absolute Gasteiger partial charge is 0.329 e. The minimum absolute atomic E-state index is 0.183. The zero-order chi connectivity index (χ0) is 10.6. The smallest absolute Gasteiger partial charge is 0.123 e. The molecule has 0 radical (unpaired) electrons. The van der Waals surface area contributed by atoms with Gasteiger partial charge in [-0.15, -0.1) is 0 Å². The molecular weight excluding hydrogens is 179 g/mol. The van der Waals surface area contributed by atoms with Gasteiger partial charge in [-0.2, -0.15) is 0 Å². The van der Waals surface area contributed by atoms with Crippen molar-refractivity contribution in [3.05, 3.63) is 35.6 Å². The van der Waals surface area contributed by atoms with Crippen LogP contribution in [-0.4, -0.2) is 31.6 Å². The predicted octanol–water partition coefficient (Wildman–Crippen LogP) is 1.26. The van der Waals surface area contributed by atoms with Gasteiger partial charge in [0.05, 0.1) is 0 Å². The van der Waals surface area contributed by atoms with Crippen LogP contribution in [0.15, 0.2) is 24.3 Å². The summed E-state index contributed by atoms with van der Waals surface area (Å²) < 4.78 is 12.9. The second-order valence-corrected chi connectivity index (χ2v) is 3.69. The van der Waals surface area contributed by atoms with Crippen LogP contribution >= 0.6 is 0 Å². The molecule has 0 amide bonds. The van der Waals surface area contributed by atoms with E-state index in [1.165, 1.54) is 6.07 Å². The molecule has 0 spiro atoms. The Labute approximate surface area is 84.5 Å². The van der Waals surface area contributed by atoms with E-state index in [-0.39, 0.29) is 11.9 Å². The number of nitrogens with zero attached hydrogens (tertiary/aromatic N) is 1. The fraction of sp³-hybridized carbons (Fsp3) is 0.455. The molecule has 1 aromatic rings. The van der Waals surface area contributed by atoms with Crippen LogP contribution in [0.1, 0.15) is 5.56 Å². The van der Waals surface area contributed by atoms with E-state index < -0.39 is 0 Å². The molecule has 1 atom stereocenters. The zero-order valence-electron chi connectivity index (χ0n) is 8.70. The fourth-order valence-electron chi connectivity index (χ4n) is 1.41. The monoisotopic (exact) mass is 196 g/mol. The molecule has 0 bridgehead atoms. The van der Waals surface area contributed by atoms with Gasteiger partial charge in [-0.25, -0.2) is 4.39 Å². The summed E-state index contributed by atoms with van der Waals surface area (Å²) in [4.78, 5) is 2.06. The first-order valence-corrected chi connectivity index (χ1v) is 4.74. The molecule has 2 N–H and O–H groups in total. The van der Waals surface area contributed by atoms with Crippen LogP contribution < -0.4 is 5.73 Å². The molecule has 0 heterocycles. The molecular formula is C11H17FN2. The first kappa shape index (κ1) is 11.1. The average molecular weight is 196 g/mol. The van der Waals surface area contributed by atoms with E-state index in [0.717, 1.165) is 12.0 Å². The van der Waals surface area contributed by atoms with Gasteiger partial charge in [0.1, 0.15) is 5.82 Å². The number of benzene rings is 1. The topological polar surface area (TPSA) is 29.3 Å². The predicted molar refractivity (Wildman–Crippen MR) is 56.6 cm³/mol. The molecule has 0 aliphatic heterocycles. The Morgan fingerprint density at radius 2 is 2.14 bits per heavy atom. The molecule has 2 nitrogen and oxygen atoms in total. The minimum Gasteiger partial charge on any atom is -0.329 e. The highest BCUT2D eigenvalue weighted by Crippen LogP contribution is 2.08. The Morgan fingerprint density at radius 3 is 2.64 bits per heavy atom. The van der Waals surface area contributed by atoms with Crippen molar-refractivity contribution in [1.29, 1.82) is 0 Å². The summed E-state index contributed by atoms with van der Waals surface area (Å²) in [5, 5.41) is 0. The third kappa shape index (κ3) is 3.09. The summed E-state index contributed by atoms with van der Waals surface area (Å²) in [7, 11) is 3.97. The highest BCUT2D eigenvalue weighted by molar-refractivity contribution is 5.17. The summed E-state index contributed by atoms with van der Waals surface area (Å²) >= 11 is 0. The SMILES string of the molecule is CN(C)[C@H](CN)Cc1cccc(F)c1. The molecule has 0 unspecified atom stereocenters. The molecule has 0 saturated carbocycles. The summed E-state index contributed by atoms with van der Waals surface area (Å²) in [6.45, 7) is 0.587.